The van der Waals surface area contributed by atoms with Crippen molar-refractivity contribution in [3.05, 3.63) is 54.1 Å². The van der Waals surface area contributed by atoms with E-state index in [9.17, 15) is 4.79 Å². The van der Waals surface area contributed by atoms with Gasteiger partial charge in [0.15, 0.2) is 0 Å². The summed E-state index contributed by atoms with van der Waals surface area (Å²) in [5.41, 5.74) is 2.59. The molecule has 3 rings (SSSR count). The van der Waals surface area contributed by atoms with Crippen LogP contribution in [-0.2, 0) is 11.3 Å². The highest BCUT2D eigenvalue weighted by atomic mass is 16.5. The molecule has 0 N–H and O–H groups in total. The number of anilines is 1. The van der Waals surface area contributed by atoms with Crippen molar-refractivity contribution in [2.24, 2.45) is 0 Å². The normalized spacial score (nSPS) is 13.0. The lowest BCUT2D eigenvalue weighted by atomic mass is 10.2. The Hall–Kier alpha value is -2.53. The van der Waals surface area contributed by atoms with Crippen molar-refractivity contribution in [2.75, 3.05) is 25.2 Å². The number of rotatable bonds is 6. The molecule has 5 nitrogen and oxygen atoms in total. The fourth-order valence-corrected chi connectivity index (χ4v) is 2.22. The fraction of sp³-hybridized carbons (Fsp3) is 0.235. The molecule has 0 saturated carbocycles. The molecule has 2 aromatic carbocycles. The first-order valence-electron chi connectivity index (χ1n) is 7.12. The van der Waals surface area contributed by atoms with Gasteiger partial charge in [-0.1, -0.05) is 30.3 Å². The standard InChI is InChI=1S/C17H17N2O3/c1-19-16-11-14(7-8-15(16)18-17(19)20)22-10-9-21-12-13-5-3-2-4-6-13/h2-8,11H,9-10,12H2,1H3. The molecular weight excluding hydrogens is 280 g/mol. The summed E-state index contributed by atoms with van der Waals surface area (Å²) in [6, 6.07) is 15.2. The van der Waals surface area contributed by atoms with E-state index in [0.717, 1.165) is 11.3 Å². The van der Waals surface area contributed by atoms with Crippen LogP contribution < -0.4 is 15.0 Å². The maximum absolute atomic E-state index is 11.5. The van der Waals surface area contributed by atoms with Crippen LogP contribution in [0.15, 0.2) is 48.5 Å². The summed E-state index contributed by atoms with van der Waals surface area (Å²) in [5.74, 6) is 0.707. The molecule has 0 aliphatic carbocycles. The molecule has 0 saturated heterocycles. The van der Waals surface area contributed by atoms with Crippen molar-refractivity contribution < 1.29 is 14.3 Å². The number of benzene rings is 2. The van der Waals surface area contributed by atoms with E-state index in [2.05, 4.69) is 5.32 Å². The molecule has 0 spiro atoms. The summed E-state index contributed by atoms with van der Waals surface area (Å²) in [7, 11) is 1.70. The van der Waals surface area contributed by atoms with Gasteiger partial charge in [0.05, 0.1) is 24.6 Å². The van der Waals surface area contributed by atoms with Gasteiger partial charge >= 0.3 is 6.03 Å². The average molecular weight is 297 g/mol. The first-order valence-corrected chi connectivity index (χ1v) is 7.12. The maximum Gasteiger partial charge on any atom is 0.348 e. The van der Waals surface area contributed by atoms with Crippen molar-refractivity contribution in [1.82, 2.24) is 5.32 Å². The minimum atomic E-state index is -0.252. The number of hydrogen-bond donors (Lipinski definition) is 0. The third-order valence-electron chi connectivity index (χ3n) is 3.42. The van der Waals surface area contributed by atoms with Crippen LogP contribution in [0, 0.1) is 0 Å². The van der Waals surface area contributed by atoms with Gasteiger partial charge in [-0.15, -0.1) is 0 Å². The van der Waals surface area contributed by atoms with Gasteiger partial charge in [-0.25, -0.2) is 4.79 Å². The van der Waals surface area contributed by atoms with Gasteiger partial charge in [0.1, 0.15) is 12.4 Å². The van der Waals surface area contributed by atoms with E-state index in [4.69, 9.17) is 9.47 Å². The molecule has 2 amide bonds. The molecule has 1 aliphatic rings. The molecule has 113 valence electrons. The Labute approximate surface area is 129 Å². The van der Waals surface area contributed by atoms with Gasteiger partial charge in [0.25, 0.3) is 0 Å². The molecule has 0 atom stereocenters. The Morgan fingerprint density at radius 2 is 1.91 bits per heavy atom. The third-order valence-corrected chi connectivity index (χ3v) is 3.42. The Balaban J connectivity index is 1.46. The number of fused-ring (bicyclic) bond motifs is 1. The van der Waals surface area contributed by atoms with E-state index in [-0.39, 0.29) is 6.03 Å². The lowest BCUT2D eigenvalue weighted by Gasteiger charge is -2.10. The van der Waals surface area contributed by atoms with Gasteiger partial charge in [-0.2, -0.15) is 5.32 Å². The van der Waals surface area contributed by atoms with Gasteiger partial charge in [-0.05, 0) is 17.7 Å². The molecule has 1 heterocycles. The summed E-state index contributed by atoms with van der Waals surface area (Å²) < 4.78 is 11.2. The highest BCUT2D eigenvalue weighted by molar-refractivity contribution is 6.04. The van der Waals surface area contributed by atoms with Gasteiger partial charge in [0, 0.05) is 13.1 Å². The van der Waals surface area contributed by atoms with Crippen LogP contribution in [0.3, 0.4) is 0 Å². The van der Waals surface area contributed by atoms with E-state index in [1.165, 1.54) is 4.90 Å². The first-order chi connectivity index (χ1) is 10.7. The van der Waals surface area contributed by atoms with Crippen LogP contribution in [0.1, 0.15) is 5.56 Å². The van der Waals surface area contributed by atoms with Crippen molar-refractivity contribution in [1.29, 1.82) is 0 Å². The molecule has 0 unspecified atom stereocenters. The monoisotopic (exact) mass is 297 g/mol. The second-order valence-electron chi connectivity index (χ2n) is 4.99. The molecular formula is C17H17N2O3. The van der Waals surface area contributed by atoms with Crippen LogP contribution in [0.25, 0.3) is 0 Å². The van der Waals surface area contributed by atoms with Crippen molar-refractivity contribution in [3.8, 4) is 5.75 Å². The molecule has 2 aromatic rings. The molecule has 22 heavy (non-hydrogen) atoms. The summed E-state index contributed by atoms with van der Waals surface area (Å²) in [6.07, 6.45) is 0. The van der Waals surface area contributed by atoms with Crippen molar-refractivity contribution in [2.45, 2.75) is 6.61 Å². The minimum absolute atomic E-state index is 0.252. The Morgan fingerprint density at radius 1 is 1.09 bits per heavy atom. The van der Waals surface area contributed by atoms with Crippen LogP contribution in [0.2, 0.25) is 0 Å². The summed E-state index contributed by atoms with van der Waals surface area (Å²) in [5, 5.41) is 3.92. The van der Waals surface area contributed by atoms with Gasteiger partial charge in [0.2, 0.25) is 0 Å². The van der Waals surface area contributed by atoms with Crippen LogP contribution in [0.4, 0.5) is 16.2 Å². The van der Waals surface area contributed by atoms with Gasteiger partial charge < -0.3 is 9.47 Å². The highest BCUT2D eigenvalue weighted by Gasteiger charge is 2.25. The quantitative estimate of drug-likeness (QED) is 0.770. The molecule has 0 aromatic heterocycles. The first kappa shape index (κ1) is 14.4. The summed E-state index contributed by atoms with van der Waals surface area (Å²) in [4.78, 5) is 13.0. The van der Waals surface area contributed by atoms with E-state index in [1.54, 1.807) is 13.1 Å². The molecule has 0 bridgehead atoms. The molecule has 1 aliphatic heterocycles. The van der Waals surface area contributed by atoms with E-state index >= 15 is 0 Å². The average Bonchev–Trinajstić information content (AvgIpc) is 2.83. The lowest BCUT2D eigenvalue weighted by Crippen LogP contribution is -2.22. The Bertz CT molecular complexity index is 658. The topological polar surface area (TPSA) is 52.9 Å². The van der Waals surface area contributed by atoms with Crippen molar-refractivity contribution in [3.63, 3.8) is 0 Å². The zero-order valence-corrected chi connectivity index (χ0v) is 12.4. The SMILES string of the molecule is CN1C(=O)[N]c2ccc(OCCOCc3ccccc3)cc21. The van der Waals surface area contributed by atoms with E-state index < -0.39 is 0 Å². The Kier molecular flexibility index (Phi) is 4.25. The number of nitrogens with zero attached hydrogens (tertiary/aromatic N) is 2. The predicted octanol–water partition coefficient (Wildman–Crippen LogP) is 3.09. The zero-order valence-electron chi connectivity index (χ0n) is 12.4. The fourth-order valence-electron chi connectivity index (χ4n) is 2.22. The molecule has 1 radical (unpaired) electrons. The smallest absolute Gasteiger partial charge is 0.348 e. The van der Waals surface area contributed by atoms with E-state index in [1.807, 2.05) is 42.5 Å². The maximum atomic E-state index is 11.5. The van der Waals surface area contributed by atoms with Crippen molar-refractivity contribution >= 4 is 17.4 Å². The second-order valence-corrected chi connectivity index (χ2v) is 4.99. The number of hydrogen-bond acceptors (Lipinski definition) is 3. The second kappa shape index (κ2) is 6.49. The molecule has 0 fully saturated rings. The number of amides is 2. The van der Waals surface area contributed by atoms with Crippen LogP contribution >= 0.6 is 0 Å². The number of ether oxygens (including phenoxy) is 2. The summed E-state index contributed by atoms with van der Waals surface area (Å²) in [6.45, 7) is 1.54. The van der Waals surface area contributed by atoms with Crippen LogP contribution in [0.5, 0.6) is 5.75 Å². The Morgan fingerprint density at radius 3 is 2.73 bits per heavy atom. The van der Waals surface area contributed by atoms with Gasteiger partial charge in [-0.3, -0.25) is 4.90 Å². The number of urea groups is 1. The van der Waals surface area contributed by atoms with E-state index in [0.29, 0.717) is 31.3 Å². The number of carbonyl (C=O) groups excluding carboxylic acids is 1. The largest absolute Gasteiger partial charge is 0.491 e. The molecule has 5 heteroatoms. The summed E-state index contributed by atoms with van der Waals surface area (Å²) >= 11 is 0. The highest BCUT2D eigenvalue weighted by Crippen LogP contribution is 2.34. The predicted molar refractivity (Wildman–Crippen MR) is 83.6 cm³/mol. The zero-order chi connectivity index (χ0) is 15.4. The lowest BCUT2D eigenvalue weighted by molar-refractivity contribution is 0.0889. The van der Waals surface area contributed by atoms with Crippen LogP contribution in [-0.4, -0.2) is 26.3 Å². The minimum Gasteiger partial charge on any atom is -0.491 e. The third kappa shape index (κ3) is 3.20. The number of carbonyl (C=O) groups is 1.